The molecule has 0 spiro atoms. The minimum Gasteiger partial charge on any atom is -0.329 e. The van der Waals surface area contributed by atoms with Crippen molar-refractivity contribution in [3.63, 3.8) is 0 Å². The summed E-state index contributed by atoms with van der Waals surface area (Å²) < 4.78 is 29.3. The smallest absolute Gasteiger partial charge is 0.271 e. The summed E-state index contributed by atoms with van der Waals surface area (Å²) in [5.74, 6) is -2.38. The van der Waals surface area contributed by atoms with Crippen molar-refractivity contribution in [2.24, 2.45) is 0 Å². The highest BCUT2D eigenvalue weighted by Crippen LogP contribution is 2.35. The molecule has 1 aliphatic rings. The molecule has 1 aliphatic heterocycles. The summed E-state index contributed by atoms with van der Waals surface area (Å²) in [5, 5.41) is 8.07. The van der Waals surface area contributed by atoms with Crippen LogP contribution in [0.1, 0.15) is 36.1 Å². The van der Waals surface area contributed by atoms with E-state index in [2.05, 4.69) is 20.2 Å². The summed E-state index contributed by atoms with van der Waals surface area (Å²) in [7, 11) is 0. The Bertz CT molecular complexity index is 1030. The maximum absolute atomic E-state index is 13.7. The third kappa shape index (κ3) is 3.82. The molecule has 0 aliphatic carbocycles. The molecule has 0 unspecified atom stereocenters. The van der Waals surface area contributed by atoms with Gasteiger partial charge in [-0.3, -0.25) is 4.79 Å². The van der Waals surface area contributed by atoms with Crippen LogP contribution in [0.25, 0.3) is 11.5 Å². The summed E-state index contributed by atoms with van der Waals surface area (Å²) in [6.07, 6.45) is 3.04. The van der Waals surface area contributed by atoms with Crippen molar-refractivity contribution in [2.45, 2.75) is 33.4 Å². The molecule has 4 rings (SSSR count). The molecule has 0 N–H and O–H groups in total. The second kappa shape index (κ2) is 7.82. The number of halogens is 3. The monoisotopic (exact) mass is 420 g/mol. The van der Waals surface area contributed by atoms with Crippen LogP contribution < -0.4 is 0 Å². The van der Waals surface area contributed by atoms with Crippen LogP contribution in [-0.2, 0) is 19.0 Å². The van der Waals surface area contributed by atoms with Gasteiger partial charge in [0, 0.05) is 31.8 Å². The summed E-state index contributed by atoms with van der Waals surface area (Å²) in [4.78, 5) is 22.5. The molecule has 0 bridgehead atoms. The predicted molar refractivity (Wildman–Crippen MR) is 104 cm³/mol. The largest absolute Gasteiger partial charge is 0.329 e. The van der Waals surface area contributed by atoms with Crippen molar-refractivity contribution in [3.8, 4) is 11.5 Å². The van der Waals surface area contributed by atoms with Crippen molar-refractivity contribution in [2.75, 3.05) is 6.54 Å². The topological polar surface area (TPSA) is 76.8 Å². The molecule has 1 aromatic carbocycles. The van der Waals surface area contributed by atoms with Crippen LogP contribution in [0.3, 0.4) is 0 Å². The van der Waals surface area contributed by atoms with Gasteiger partial charge in [0.2, 0.25) is 0 Å². The van der Waals surface area contributed by atoms with E-state index in [0.29, 0.717) is 30.4 Å². The Morgan fingerprint density at radius 1 is 1.21 bits per heavy atom. The average molecular weight is 421 g/mol. The van der Waals surface area contributed by atoms with Crippen LogP contribution in [0, 0.1) is 0 Å². The van der Waals surface area contributed by atoms with E-state index in [0.717, 1.165) is 6.92 Å². The SMILES string of the molecule is C.CC(F)(F)c1cccc(C(=O)N2CCn3c(nnc3-c3ccncn3)C2)c1Cl. The number of aromatic nitrogens is 5. The molecule has 3 aromatic rings. The maximum Gasteiger partial charge on any atom is 0.271 e. The zero-order chi connectivity index (χ0) is 19.9. The maximum atomic E-state index is 13.7. The van der Waals surface area contributed by atoms with E-state index in [1.54, 1.807) is 12.3 Å². The summed E-state index contributed by atoms with van der Waals surface area (Å²) >= 11 is 6.12. The molecule has 0 atom stereocenters. The number of hydrogen-bond acceptors (Lipinski definition) is 5. The lowest BCUT2D eigenvalue weighted by Crippen LogP contribution is -2.38. The molecule has 152 valence electrons. The Morgan fingerprint density at radius 2 is 2.00 bits per heavy atom. The Kier molecular flexibility index (Phi) is 5.61. The van der Waals surface area contributed by atoms with Crippen molar-refractivity contribution in [1.82, 2.24) is 29.6 Å². The zero-order valence-electron chi connectivity index (χ0n) is 14.8. The Hall–Kier alpha value is -2.94. The van der Waals surface area contributed by atoms with E-state index in [-0.39, 0.29) is 30.1 Å². The number of benzene rings is 1. The van der Waals surface area contributed by atoms with Crippen LogP contribution in [0.15, 0.2) is 36.8 Å². The van der Waals surface area contributed by atoms with E-state index in [9.17, 15) is 13.6 Å². The van der Waals surface area contributed by atoms with Gasteiger partial charge in [-0.05, 0) is 12.1 Å². The summed E-state index contributed by atoms with van der Waals surface area (Å²) in [5.41, 5.74) is 0.311. The molecular weight excluding hydrogens is 402 g/mol. The molecule has 0 saturated carbocycles. The first-order valence-corrected chi connectivity index (χ1v) is 8.88. The van der Waals surface area contributed by atoms with Crippen LogP contribution in [0.2, 0.25) is 5.02 Å². The fraction of sp³-hybridized carbons (Fsp3) is 0.316. The molecule has 0 saturated heterocycles. The van der Waals surface area contributed by atoms with Gasteiger partial charge in [0.1, 0.15) is 12.0 Å². The molecule has 0 radical (unpaired) electrons. The molecule has 3 heterocycles. The summed E-state index contributed by atoms with van der Waals surface area (Å²) in [6, 6.07) is 5.81. The highest BCUT2D eigenvalue weighted by Gasteiger charge is 2.32. The molecule has 29 heavy (non-hydrogen) atoms. The van der Waals surface area contributed by atoms with Gasteiger partial charge in [-0.1, -0.05) is 31.2 Å². The normalized spacial score (nSPS) is 13.6. The Morgan fingerprint density at radius 3 is 2.69 bits per heavy atom. The van der Waals surface area contributed by atoms with Gasteiger partial charge < -0.3 is 9.47 Å². The first kappa shape index (κ1) is 20.8. The van der Waals surface area contributed by atoms with E-state index in [1.807, 2.05) is 4.57 Å². The van der Waals surface area contributed by atoms with E-state index < -0.39 is 11.8 Å². The van der Waals surface area contributed by atoms with Gasteiger partial charge in [0.05, 0.1) is 17.1 Å². The van der Waals surface area contributed by atoms with E-state index in [1.165, 1.54) is 29.4 Å². The fourth-order valence-electron chi connectivity index (χ4n) is 3.15. The van der Waals surface area contributed by atoms with Gasteiger partial charge in [-0.25, -0.2) is 18.7 Å². The van der Waals surface area contributed by atoms with Gasteiger partial charge in [-0.2, -0.15) is 0 Å². The number of rotatable bonds is 3. The van der Waals surface area contributed by atoms with Gasteiger partial charge in [-0.15, -0.1) is 10.2 Å². The summed E-state index contributed by atoms with van der Waals surface area (Å²) in [6.45, 7) is 1.76. The van der Waals surface area contributed by atoms with E-state index >= 15 is 0 Å². The van der Waals surface area contributed by atoms with Gasteiger partial charge >= 0.3 is 0 Å². The minimum atomic E-state index is -3.14. The third-order valence-electron chi connectivity index (χ3n) is 4.55. The van der Waals surface area contributed by atoms with Gasteiger partial charge in [0.25, 0.3) is 11.8 Å². The van der Waals surface area contributed by atoms with Crippen LogP contribution in [-0.4, -0.2) is 42.1 Å². The van der Waals surface area contributed by atoms with Gasteiger partial charge in [0.15, 0.2) is 11.6 Å². The highest BCUT2D eigenvalue weighted by molar-refractivity contribution is 6.34. The molecule has 7 nitrogen and oxygen atoms in total. The molecule has 0 fully saturated rings. The average Bonchev–Trinajstić information content (AvgIpc) is 3.10. The van der Waals surface area contributed by atoms with Crippen molar-refractivity contribution in [1.29, 1.82) is 0 Å². The minimum absolute atomic E-state index is 0. The predicted octanol–water partition coefficient (Wildman–Crippen LogP) is 3.79. The highest BCUT2D eigenvalue weighted by atomic mass is 35.5. The number of carbonyl (C=O) groups excluding carboxylic acids is 1. The van der Waals surface area contributed by atoms with Crippen molar-refractivity contribution < 1.29 is 13.6 Å². The molecule has 1 amide bonds. The number of carbonyl (C=O) groups is 1. The zero-order valence-corrected chi connectivity index (χ0v) is 15.6. The van der Waals surface area contributed by atoms with Crippen molar-refractivity contribution in [3.05, 3.63) is 58.8 Å². The standard InChI is InChI=1S/C18H15ClF2N6O.CH4/c1-18(20,21)12-4-2-3-11(15(12)19)17(28)26-7-8-27-14(9-26)24-25-16(27)13-5-6-22-10-23-13;/h2-6,10H,7-9H2,1H3;1H4. The first-order chi connectivity index (χ1) is 13.4. The quantitative estimate of drug-likeness (QED) is 0.644. The number of hydrogen-bond donors (Lipinski definition) is 0. The fourth-order valence-corrected chi connectivity index (χ4v) is 3.52. The molecule has 2 aromatic heterocycles. The number of nitrogens with zero attached hydrogens (tertiary/aromatic N) is 6. The lowest BCUT2D eigenvalue weighted by atomic mass is 10.0. The van der Waals surface area contributed by atoms with Crippen LogP contribution in [0.5, 0.6) is 0 Å². The lowest BCUT2D eigenvalue weighted by Gasteiger charge is -2.28. The second-order valence-electron chi connectivity index (χ2n) is 6.47. The molecular formula is C19H19ClF2N6O. The van der Waals surface area contributed by atoms with E-state index in [4.69, 9.17) is 11.6 Å². The number of fused-ring (bicyclic) bond motifs is 1. The Balaban J connectivity index is 0.00000240. The Labute approximate surface area is 171 Å². The molecule has 10 heteroatoms. The van der Waals surface area contributed by atoms with Crippen molar-refractivity contribution >= 4 is 17.5 Å². The lowest BCUT2D eigenvalue weighted by molar-refractivity contribution is 0.0175. The number of amides is 1. The first-order valence-electron chi connectivity index (χ1n) is 8.51. The van der Waals surface area contributed by atoms with Crippen LogP contribution >= 0.6 is 11.6 Å². The van der Waals surface area contributed by atoms with Crippen LogP contribution in [0.4, 0.5) is 8.78 Å². The number of alkyl halides is 2. The second-order valence-corrected chi connectivity index (χ2v) is 6.85. The third-order valence-corrected chi connectivity index (χ3v) is 4.96.